The Morgan fingerprint density at radius 2 is 2.19 bits per heavy atom. The normalized spacial score (nSPS) is 15.1. The van der Waals surface area contributed by atoms with Crippen molar-refractivity contribution in [3.05, 3.63) is 24.0 Å². The summed E-state index contributed by atoms with van der Waals surface area (Å²) in [6, 6.07) is 3.65. The Bertz CT molecular complexity index is 445. The van der Waals surface area contributed by atoms with Crippen LogP contribution in [0, 0.1) is 0 Å². The molecule has 2 N–H and O–H groups in total. The van der Waals surface area contributed by atoms with E-state index in [2.05, 4.69) is 22.5 Å². The number of anilines is 1. The number of rotatable bonds is 8. The highest BCUT2D eigenvalue weighted by molar-refractivity contribution is 5.93. The van der Waals surface area contributed by atoms with Crippen LogP contribution < -0.4 is 10.6 Å². The highest BCUT2D eigenvalue weighted by atomic mass is 16.5. The zero-order valence-electron chi connectivity index (χ0n) is 12.7. The number of hydrogen-bond donors (Lipinski definition) is 2. The van der Waals surface area contributed by atoms with E-state index in [4.69, 9.17) is 4.74 Å². The SMILES string of the molecule is CCCNc1ccnc(C(=O)NCCOC2CCCC2)c1. The van der Waals surface area contributed by atoms with E-state index in [0.29, 0.717) is 24.9 Å². The monoisotopic (exact) mass is 291 g/mol. The summed E-state index contributed by atoms with van der Waals surface area (Å²) in [6.07, 6.45) is 7.92. The highest BCUT2D eigenvalue weighted by Crippen LogP contribution is 2.20. The van der Waals surface area contributed by atoms with Crippen LogP contribution >= 0.6 is 0 Å². The first-order valence-electron chi connectivity index (χ1n) is 7.89. The van der Waals surface area contributed by atoms with Crippen molar-refractivity contribution in [2.24, 2.45) is 0 Å². The Labute approximate surface area is 126 Å². The summed E-state index contributed by atoms with van der Waals surface area (Å²) in [5.41, 5.74) is 1.37. The average Bonchev–Trinajstić information content (AvgIpc) is 3.03. The summed E-state index contributed by atoms with van der Waals surface area (Å²) < 4.78 is 5.72. The minimum absolute atomic E-state index is 0.148. The lowest BCUT2D eigenvalue weighted by atomic mass is 10.3. The van der Waals surface area contributed by atoms with Gasteiger partial charge >= 0.3 is 0 Å². The van der Waals surface area contributed by atoms with Gasteiger partial charge in [0.2, 0.25) is 0 Å². The van der Waals surface area contributed by atoms with Gasteiger partial charge in [-0.3, -0.25) is 9.78 Å². The van der Waals surface area contributed by atoms with Crippen molar-refractivity contribution >= 4 is 11.6 Å². The molecule has 5 heteroatoms. The van der Waals surface area contributed by atoms with Gasteiger partial charge in [0.05, 0.1) is 12.7 Å². The third-order valence-corrected chi connectivity index (χ3v) is 3.62. The van der Waals surface area contributed by atoms with Crippen LogP contribution in [-0.4, -0.2) is 36.7 Å². The predicted molar refractivity (Wildman–Crippen MR) is 83.6 cm³/mol. The number of hydrogen-bond acceptors (Lipinski definition) is 4. The van der Waals surface area contributed by atoms with Crippen LogP contribution in [0.3, 0.4) is 0 Å². The van der Waals surface area contributed by atoms with Gasteiger partial charge in [0.1, 0.15) is 5.69 Å². The molecule has 116 valence electrons. The second-order valence-electron chi connectivity index (χ2n) is 5.39. The van der Waals surface area contributed by atoms with E-state index >= 15 is 0 Å². The molecule has 21 heavy (non-hydrogen) atoms. The first kappa shape index (κ1) is 15.8. The number of aromatic nitrogens is 1. The van der Waals surface area contributed by atoms with E-state index < -0.39 is 0 Å². The number of nitrogens with one attached hydrogen (secondary N) is 2. The second-order valence-corrected chi connectivity index (χ2v) is 5.39. The van der Waals surface area contributed by atoms with Crippen molar-refractivity contribution in [3.63, 3.8) is 0 Å². The van der Waals surface area contributed by atoms with Crippen LogP contribution in [0.2, 0.25) is 0 Å². The van der Waals surface area contributed by atoms with Crippen LogP contribution in [0.4, 0.5) is 5.69 Å². The topological polar surface area (TPSA) is 63.2 Å². The number of ether oxygens (including phenoxy) is 1. The molecule has 0 atom stereocenters. The largest absolute Gasteiger partial charge is 0.385 e. The molecule has 1 aromatic heterocycles. The van der Waals surface area contributed by atoms with Gasteiger partial charge < -0.3 is 15.4 Å². The van der Waals surface area contributed by atoms with Gasteiger partial charge in [0, 0.05) is 25.0 Å². The predicted octanol–water partition coefficient (Wildman–Crippen LogP) is 2.59. The highest BCUT2D eigenvalue weighted by Gasteiger charge is 2.15. The minimum Gasteiger partial charge on any atom is -0.385 e. The van der Waals surface area contributed by atoms with Gasteiger partial charge in [-0.25, -0.2) is 0 Å². The lowest BCUT2D eigenvalue weighted by molar-refractivity contribution is 0.0581. The van der Waals surface area contributed by atoms with Crippen LogP contribution in [-0.2, 0) is 4.74 Å². The summed E-state index contributed by atoms with van der Waals surface area (Å²) in [7, 11) is 0. The number of carbonyl (C=O) groups excluding carboxylic acids is 1. The lowest BCUT2D eigenvalue weighted by Crippen LogP contribution is -2.29. The summed E-state index contributed by atoms with van der Waals surface area (Å²) in [5.74, 6) is -0.148. The Morgan fingerprint density at radius 1 is 1.38 bits per heavy atom. The number of nitrogens with zero attached hydrogens (tertiary/aromatic N) is 1. The van der Waals surface area contributed by atoms with E-state index in [1.807, 2.05) is 6.07 Å². The number of amides is 1. The van der Waals surface area contributed by atoms with E-state index in [1.165, 1.54) is 12.8 Å². The maximum atomic E-state index is 12.0. The van der Waals surface area contributed by atoms with Crippen molar-refractivity contribution in [2.75, 3.05) is 25.0 Å². The Morgan fingerprint density at radius 3 is 2.95 bits per heavy atom. The van der Waals surface area contributed by atoms with E-state index in [9.17, 15) is 4.79 Å². The molecular formula is C16H25N3O2. The van der Waals surface area contributed by atoms with E-state index in [0.717, 1.165) is 31.5 Å². The second kappa shape index (κ2) is 8.62. The molecule has 1 amide bonds. The quantitative estimate of drug-likeness (QED) is 0.723. The first-order chi connectivity index (χ1) is 10.3. The standard InChI is InChI=1S/C16H25N3O2/c1-2-8-17-13-7-9-18-15(12-13)16(20)19-10-11-21-14-5-3-4-6-14/h7,9,12,14H,2-6,8,10-11H2,1H3,(H,17,18)(H,19,20). The number of pyridine rings is 1. The molecule has 0 aromatic carbocycles. The zero-order valence-corrected chi connectivity index (χ0v) is 12.7. The van der Waals surface area contributed by atoms with Gasteiger partial charge in [0.25, 0.3) is 5.91 Å². The summed E-state index contributed by atoms with van der Waals surface area (Å²) >= 11 is 0. The molecule has 0 aliphatic heterocycles. The molecule has 1 aliphatic carbocycles. The van der Waals surface area contributed by atoms with Crippen LogP contribution in [0.15, 0.2) is 18.3 Å². The number of carbonyl (C=O) groups is 1. The van der Waals surface area contributed by atoms with Crippen molar-refractivity contribution in [2.45, 2.75) is 45.1 Å². The summed E-state index contributed by atoms with van der Waals surface area (Å²) in [5, 5.41) is 6.10. The Balaban J connectivity index is 1.71. The van der Waals surface area contributed by atoms with Crippen LogP contribution in [0.5, 0.6) is 0 Å². The molecule has 0 saturated heterocycles. The molecule has 5 nitrogen and oxygen atoms in total. The van der Waals surface area contributed by atoms with Crippen molar-refractivity contribution in [3.8, 4) is 0 Å². The zero-order chi connectivity index (χ0) is 14.9. The molecule has 1 aromatic rings. The van der Waals surface area contributed by atoms with Gasteiger partial charge in [-0.1, -0.05) is 19.8 Å². The van der Waals surface area contributed by atoms with Crippen molar-refractivity contribution < 1.29 is 9.53 Å². The van der Waals surface area contributed by atoms with Crippen LogP contribution in [0.25, 0.3) is 0 Å². The fourth-order valence-electron chi connectivity index (χ4n) is 2.47. The van der Waals surface area contributed by atoms with E-state index in [-0.39, 0.29) is 5.91 Å². The van der Waals surface area contributed by atoms with Crippen LogP contribution in [0.1, 0.15) is 49.5 Å². The van der Waals surface area contributed by atoms with Gasteiger partial charge in [-0.2, -0.15) is 0 Å². The average molecular weight is 291 g/mol. The molecule has 0 bridgehead atoms. The minimum atomic E-state index is -0.148. The molecule has 1 fully saturated rings. The maximum Gasteiger partial charge on any atom is 0.270 e. The molecule has 2 rings (SSSR count). The maximum absolute atomic E-state index is 12.0. The van der Waals surface area contributed by atoms with Crippen molar-refractivity contribution in [1.29, 1.82) is 0 Å². The summed E-state index contributed by atoms with van der Waals surface area (Å²) in [6.45, 7) is 4.10. The van der Waals surface area contributed by atoms with Gasteiger partial charge in [-0.05, 0) is 31.4 Å². The third-order valence-electron chi connectivity index (χ3n) is 3.62. The smallest absolute Gasteiger partial charge is 0.270 e. The molecule has 1 saturated carbocycles. The first-order valence-corrected chi connectivity index (χ1v) is 7.89. The lowest BCUT2D eigenvalue weighted by Gasteiger charge is -2.11. The molecule has 0 spiro atoms. The molecule has 0 unspecified atom stereocenters. The molecular weight excluding hydrogens is 266 g/mol. The fraction of sp³-hybridized carbons (Fsp3) is 0.625. The van der Waals surface area contributed by atoms with E-state index in [1.54, 1.807) is 12.3 Å². The van der Waals surface area contributed by atoms with Gasteiger partial charge in [0.15, 0.2) is 0 Å². The fourth-order valence-corrected chi connectivity index (χ4v) is 2.47. The Hall–Kier alpha value is -1.62. The summed E-state index contributed by atoms with van der Waals surface area (Å²) in [4.78, 5) is 16.1. The molecule has 1 aliphatic rings. The molecule has 0 radical (unpaired) electrons. The third kappa shape index (κ3) is 5.34. The van der Waals surface area contributed by atoms with Crippen molar-refractivity contribution in [1.82, 2.24) is 10.3 Å². The molecule has 1 heterocycles. The van der Waals surface area contributed by atoms with Gasteiger partial charge in [-0.15, -0.1) is 0 Å². The Kier molecular flexibility index (Phi) is 6.47.